The predicted octanol–water partition coefficient (Wildman–Crippen LogP) is 4.55. The Balaban J connectivity index is 2.32. The third-order valence-corrected chi connectivity index (χ3v) is 3.92. The molecule has 0 aromatic heterocycles. The Morgan fingerprint density at radius 2 is 1.81 bits per heavy atom. The first-order chi connectivity index (χ1) is 10.0. The molecule has 0 amide bonds. The van der Waals surface area contributed by atoms with Crippen LogP contribution in [-0.4, -0.2) is 20.0 Å². The van der Waals surface area contributed by atoms with Crippen LogP contribution in [0.2, 0.25) is 5.02 Å². The molecular weight excluding hydrogens is 356 g/mol. The first-order valence-corrected chi connectivity index (χ1v) is 7.41. The molecule has 3 nitrogen and oxygen atoms in total. The standard InChI is InChI=1S/C16H14BrClO3/c1-20-12-8-13(17)16(15(9-12)21-2)14(19)7-10-3-5-11(18)6-4-10/h3-6,8-9H,7H2,1-2H3. The lowest BCUT2D eigenvalue weighted by Gasteiger charge is -2.12. The van der Waals surface area contributed by atoms with Crippen molar-refractivity contribution in [3.8, 4) is 11.5 Å². The molecule has 0 N–H and O–H groups in total. The molecule has 21 heavy (non-hydrogen) atoms. The van der Waals surface area contributed by atoms with E-state index in [9.17, 15) is 4.79 Å². The van der Waals surface area contributed by atoms with Crippen LogP contribution < -0.4 is 9.47 Å². The molecule has 0 radical (unpaired) electrons. The number of methoxy groups -OCH3 is 2. The third-order valence-electron chi connectivity index (χ3n) is 3.04. The van der Waals surface area contributed by atoms with Gasteiger partial charge in [-0.15, -0.1) is 0 Å². The smallest absolute Gasteiger partial charge is 0.172 e. The molecule has 0 unspecified atom stereocenters. The Labute approximate surface area is 137 Å². The second kappa shape index (κ2) is 6.96. The summed E-state index contributed by atoms with van der Waals surface area (Å²) in [5.74, 6) is 1.07. The highest BCUT2D eigenvalue weighted by atomic mass is 79.9. The quantitative estimate of drug-likeness (QED) is 0.726. The topological polar surface area (TPSA) is 35.5 Å². The monoisotopic (exact) mass is 368 g/mol. The van der Waals surface area contributed by atoms with E-state index in [-0.39, 0.29) is 12.2 Å². The molecule has 110 valence electrons. The molecule has 0 heterocycles. The Morgan fingerprint density at radius 3 is 2.38 bits per heavy atom. The van der Waals surface area contributed by atoms with Crippen LogP contribution in [0.3, 0.4) is 0 Å². The molecular formula is C16H14BrClO3. The molecule has 0 saturated carbocycles. The first kappa shape index (κ1) is 15.9. The first-order valence-electron chi connectivity index (χ1n) is 6.24. The molecule has 0 aliphatic heterocycles. The minimum absolute atomic E-state index is 0.0382. The van der Waals surface area contributed by atoms with Gasteiger partial charge >= 0.3 is 0 Å². The highest BCUT2D eigenvalue weighted by molar-refractivity contribution is 9.10. The molecule has 5 heteroatoms. The zero-order valence-electron chi connectivity index (χ0n) is 11.7. The normalized spacial score (nSPS) is 10.3. The van der Waals surface area contributed by atoms with Gasteiger partial charge in [0, 0.05) is 22.0 Å². The van der Waals surface area contributed by atoms with Gasteiger partial charge in [-0.25, -0.2) is 0 Å². The van der Waals surface area contributed by atoms with Gasteiger partial charge in [-0.2, -0.15) is 0 Å². The molecule has 0 spiro atoms. The largest absolute Gasteiger partial charge is 0.497 e. The number of hydrogen-bond donors (Lipinski definition) is 0. The van der Waals surface area contributed by atoms with Crippen molar-refractivity contribution < 1.29 is 14.3 Å². The molecule has 0 aliphatic rings. The molecule has 2 aromatic rings. The summed E-state index contributed by atoms with van der Waals surface area (Å²) in [6.07, 6.45) is 0.276. The van der Waals surface area contributed by atoms with Crippen LogP contribution in [0, 0.1) is 0 Å². The van der Waals surface area contributed by atoms with Gasteiger partial charge in [0.1, 0.15) is 11.5 Å². The lowest BCUT2D eigenvalue weighted by Crippen LogP contribution is -2.07. The van der Waals surface area contributed by atoms with E-state index in [2.05, 4.69) is 15.9 Å². The maximum Gasteiger partial charge on any atom is 0.172 e. The number of carbonyl (C=O) groups excluding carboxylic acids is 1. The average Bonchev–Trinajstić information content (AvgIpc) is 2.48. The summed E-state index contributed by atoms with van der Waals surface area (Å²) in [6, 6.07) is 10.7. The van der Waals surface area contributed by atoms with Gasteiger partial charge in [0.05, 0.1) is 19.8 Å². The van der Waals surface area contributed by atoms with Crippen molar-refractivity contribution in [3.63, 3.8) is 0 Å². The summed E-state index contributed by atoms with van der Waals surface area (Å²) < 4.78 is 11.1. The lowest BCUT2D eigenvalue weighted by atomic mass is 10.0. The van der Waals surface area contributed by atoms with Gasteiger partial charge in [-0.05, 0) is 39.7 Å². The van der Waals surface area contributed by atoms with E-state index in [0.717, 1.165) is 5.56 Å². The Kier molecular flexibility index (Phi) is 5.26. The number of halogens is 2. The van der Waals surface area contributed by atoms with Crippen molar-refractivity contribution in [3.05, 3.63) is 57.0 Å². The van der Waals surface area contributed by atoms with E-state index < -0.39 is 0 Å². The van der Waals surface area contributed by atoms with Gasteiger partial charge in [-0.1, -0.05) is 23.7 Å². The summed E-state index contributed by atoms with van der Waals surface area (Å²) in [5, 5.41) is 0.648. The maximum atomic E-state index is 12.5. The second-order valence-electron chi connectivity index (χ2n) is 4.41. The summed E-state index contributed by atoms with van der Waals surface area (Å²) >= 11 is 9.25. The van der Waals surface area contributed by atoms with Crippen LogP contribution in [0.5, 0.6) is 11.5 Å². The molecule has 0 bridgehead atoms. The van der Waals surface area contributed by atoms with Gasteiger partial charge in [-0.3, -0.25) is 4.79 Å². The van der Waals surface area contributed by atoms with E-state index in [4.69, 9.17) is 21.1 Å². The summed E-state index contributed by atoms with van der Waals surface area (Å²) in [5.41, 5.74) is 1.41. The summed E-state index contributed by atoms with van der Waals surface area (Å²) in [4.78, 5) is 12.5. The molecule has 0 saturated heterocycles. The molecule has 2 aromatic carbocycles. The summed E-state index contributed by atoms with van der Waals surface area (Å²) in [7, 11) is 3.09. The van der Waals surface area contributed by atoms with Crippen LogP contribution in [0.25, 0.3) is 0 Å². The Morgan fingerprint density at radius 1 is 1.14 bits per heavy atom. The molecule has 0 aliphatic carbocycles. The Hall–Kier alpha value is -1.52. The van der Waals surface area contributed by atoms with Gasteiger partial charge in [0.15, 0.2) is 5.78 Å². The van der Waals surface area contributed by atoms with Crippen molar-refractivity contribution in [1.82, 2.24) is 0 Å². The fourth-order valence-electron chi connectivity index (χ4n) is 1.98. The zero-order chi connectivity index (χ0) is 15.4. The zero-order valence-corrected chi connectivity index (χ0v) is 14.0. The highest BCUT2D eigenvalue weighted by Crippen LogP contribution is 2.33. The third kappa shape index (κ3) is 3.77. The van der Waals surface area contributed by atoms with Gasteiger partial charge < -0.3 is 9.47 Å². The Bertz CT molecular complexity index is 653. The second-order valence-corrected chi connectivity index (χ2v) is 5.70. The molecule has 2 rings (SSSR count). The number of benzene rings is 2. The number of ketones is 1. The number of hydrogen-bond acceptors (Lipinski definition) is 3. The average molecular weight is 370 g/mol. The van der Waals surface area contributed by atoms with E-state index in [1.165, 1.54) is 7.11 Å². The van der Waals surface area contributed by atoms with Crippen molar-refractivity contribution in [1.29, 1.82) is 0 Å². The lowest BCUT2D eigenvalue weighted by molar-refractivity contribution is 0.0989. The van der Waals surface area contributed by atoms with E-state index in [0.29, 0.717) is 26.6 Å². The highest BCUT2D eigenvalue weighted by Gasteiger charge is 2.18. The fourth-order valence-corrected chi connectivity index (χ4v) is 2.75. The van der Waals surface area contributed by atoms with Crippen LogP contribution in [0.15, 0.2) is 40.9 Å². The van der Waals surface area contributed by atoms with Gasteiger partial charge in [0.2, 0.25) is 0 Å². The van der Waals surface area contributed by atoms with Crippen LogP contribution >= 0.6 is 27.5 Å². The molecule has 0 fully saturated rings. The minimum atomic E-state index is -0.0382. The number of Topliss-reactive ketones (excluding diaryl/α,β-unsaturated/α-hetero) is 1. The minimum Gasteiger partial charge on any atom is -0.497 e. The number of rotatable bonds is 5. The van der Waals surface area contributed by atoms with Crippen LogP contribution in [0.4, 0.5) is 0 Å². The fraction of sp³-hybridized carbons (Fsp3) is 0.188. The van der Waals surface area contributed by atoms with Crippen molar-refractivity contribution in [2.75, 3.05) is 14.2 Å². The van der Waals surface area contributed by atoms with Crippen LogP contribution in [-0.2, 0) is 6.42 Å². The molecule has 0 atom stereocenters. The summed E-state index contributed by atoms with van der Waals surface area (Å²) in [6.45, 7) is 0. The SMILES string of the molecule is COc1cc(Br)c(C(=O)Cc2ccc(Cl)cc2)c(OC)c1. The number of ether oxygens (including phenoxy) is 2. The van der Waals surface area contributed by atoms with E-state index in [1.54, 1.807) is 31.4 Å². The predicted molar refractivity (Wildman–Crippen MR) is 86.7 cm³/mol. The van der Waals surface area contributed by atoms with E-state index >= 15 is 0 Å². The maximum absolute atomic E-state index is 12.5. The van der Waals surface area contributed by atoms with Crippen LogP contribution in [0.1, 0.15) is 15.9 Å². The van der Waals surface area contributed by atoms with Crippen molar-refractivity contribution in [2.45, 2.75) is 6.42 Å². The number of carbonyl (C=O) groups is 1. The van der Waals surface area contributed by atoms with E-state index in [1.807, 2.05) is 12.1 Å². The van der Waals surface area contributed by atoms with Gasteiger partial charge in [0.25, 0.3) is 0 Å². The van der Waals surface area contributed by atoms with Crippen molar-refractivity contribution in [2.24, 2.45) is 0 Å². The van der Waals surface area contributed by atoms with Crippen molar-refractivity contribution >= 4 is 33.3 Å².